The maximum atomic E-state index is 12.3. The average molecular weight is 303 g/mol. The van der Waals surface area contributed by atoms with Gasteiger partial charge in [0.1, 0.15) is 0 Å². The number of rotatable bonds is 4. The van der Waals surface area contributed by atoms with E-state index in [-0.39, 0.29) is 23.9 Å². The van der Waals surface area contributed by atoms with Gasteiger partial charge >= 0.3 is 0 Å². The van der Waals surface area contributed by atoms with Crippen LogP contribution in [-0.2, 0) is 4.79 Å². The van der Waals surface area contributed by atoms with E-state index in [1.165, 1.54) is 0 Å². The van der Waals surface area contributed by atoms with Gasteiger partial charge in [-0.2, -0.15) is 0 Å². The van der Waals surface area contributed by atoms with E-state index in [2.05, 4.69) is 0 Å². The first-order valence-electron chi connectivity index (χ1n) is 6.23. The summed E-state index contributed by atoms with van der Waals surface area (Å²) in [6, 6.07) is 4.99. The fourth-order valence-corrected chi connectivity index (χ4v) is 2.35. The van der Waals surface area contributed by atoms with Crippen molar-refractivity contribution in [3.8, 4) is 0 Å². The lowest BCUT2D eigenvalue weighted by molar-refractivity contribution is -0.136. The Bertz CT molecular complexity index is 463. The number of nitrogens with two attached hydrogens (primary N) is 1. The predicted molar refractivity (Wildman–Crippen MR) is 80.5 cm³/mol. The Labute approximate surface area is 124 Å². The van der Waals surface area contributed by atoms with Gasteiger partial charge in [-0.3, -0.25) is 4.79 Å². The summed E-state index contributed by atoms with van der Waals surface area (Å²) < 4.78 is 0. The molecule has 0 saturated heterocycles. The van der Waals surface area contributed by atoms with Crippen LogP contribution in [0.25, 0.3) is 0 Å². The average Bonchev–Trinajstić information content (AvgIpc) is 2.35. The van der Waals surface area contributed by atoms with Gasteiger partial charge in [0.15, 0.2) is 0 Å². The van der Waals surface area contributed by atoms with Crippen molar-refractivity contribution >= 4 is 29.1 Å². The van der Waals surface area contributed by atoms with Crippen molar-refractivity contribution in [1.29, 1.82) is 0 Å². The zero-order valence-corrected chi connectivity index (χ0v) is 13.2. The predicted octanol–water partition coefficient (Wildman–Crippen LogP) is 3.50. The Hall–Kier alpha value is -0.770. The van der Waals surface area contributed by atoms with E-state index in [0.29, 0.717) is 10.0 Å². The number of benzene rings is 1. The fourth-order valence-electron chi connectivity index (χ4n) is 1.79. The molecule has 3 atom stereocenters. The summed E-state index contributed by atoms with van der Waals surface area (Å²) in [4.78, 5) is 13.9. The molecule has 0 aromatic heterocycles. The molecule has 2 N–H and O–H groups in total. The van der Waals surface area contributed by atoms with E-state index in [1.807, 2.05) is 26.8 Å². The fraction of sp³-hybridized carbons (Fsp3) is 0.500. The molecule has 3 nitrogen and oxygen atoms in total. The van der Waals surface area contributed by atoms with Gasteiger partial charge in [0, 0.05) is 23.1 Å². The third-order valence-electron chi connectivity index (χ3n) is 3.52. The molecule has 5 heteroatoms. The van der Waals surface area contributed by atoms with Crippen molar-refractivity contribution in [3.05, 3.63) is 33.8 Å². The molecule has 1 aromatic rings. The van der Waals surface area contributed by atoms with E-state index < -0.39 is 0 Å². The van der Waals surface area contributed by atoms with E-state index >= 15 is 0 Å². The molecule has 0 aliphatic rings. The minimum Gasteiger partial charge on any atom is -0.339 e. The summed E-state index contributed by atoms with van der Waals surface area (Å²) in [5, 5.41) is 1.15. The molecule has 19 heavy (non-hydrogen) atoms. The molecule has 1 amide bonds. The summed E-state index contributed by atoms with van der Waals surface area (Å²) >= 11 is 12.0. The molecule has 0 fully saturated rings. The van der Waals surface area contributed by atoms with Crippen molar-refractivity contribution in [3.63, 3.8) is 0 Å². The van der Waals surface area contributed by atoms with Crippen LogP contribution in [0, 0.1) is 5.92 Å². The molecule has 0 radical (unpaired) electrons. The first-order valence-corrected chi connectivity index (χ1v) is 6.98. The number of halogens is 2. The highest BCUT2D eigenvalue weighted by Gasteiger charge is 2.25. The van der Waals surface area contributed by atoms with Crippen LogP contribution >= 0.6 is 23.2 Å². The van der Waals surface area contributed by atoms with Crippen molar-refractivity contribution in [1.82, 2.24) is 4.90 Å². The molecule has 0 saturated carbocycles. The number of carbonyl (C=O) groups is 1. The van der Waals surface area contributed by atoms with Gasteiger partial charge in [0.25, 0.3) is 0 Å². The van der Waals surface area contributed by atoms with Crippen LogP contribution < -0.4 is 5.73 Å². The summed E-state index contributed by atoms with van der Waals surface area (Å²) in [7, 11) is 1.76. The normalized spacial score (nSPS) is 15.7. The van der Waals surface area contributed by atoms with E-state index in [4.69, 9.17) is 28.9 Å². The minimum atomic E-state index is -0.224. The van der Waals surface area contributed by atoms with Gasteiger partial charge in [-0.25, -0.2) is 0 Å². The highest BCUT2D eigenvalue weighted by molar-refractivity contribution is 6.35. The largest absolute Gasteiger partial charge is 0.339 e. The van der Waals surface area contributed by atoms with Gasteiger partial charge in [-0.1, -0.05) is 36.2 Å². The monoisotopic (exact) mass is 302 g/mol. The molecule has 0 bridgehead atoms. The minimum absolute atomic E-state index is 0.00789. The third kappa shape index (κ3) is 3.85. The number of hydrogen-bond donors (Lipinski definition) is 1. The van der Waals surface area contributed by atoms with Gasteiger partial charge in [-0.15, -0.1) is 0 Å². The standard InChI is InChI=1S/C14H20Cl2N2O/c1-8(9(2)17)14(19)18(4)10(3)12-6-5-11(15)7-13(12)16/h5-10H,17H2,1-4H3. The van der Waals surface area contributed by atoms with Gasteiger partial charge in [-0.05, 0) is 31.5 Å². The molecule has 3 unspecified atom stereocenters. The lowest BCUT2D eigenvalue weighted by Gasteiger charge is -2.29. The van der Waals surface area contributed by atoms with Crippen LogP contribution in [0.5, 0.6) is 0 Å². The summed E-state index contributed by atoms with van der Waals surface area (Å²) in [5.74, 6) is -0.216. The topological polar surface area (TPSA) is 46.3 Å². The molecular formula is C14H20Cl2N2O. The maximum absolute atomic E-state index is 12.3. The molecule has 0 heterocycles. The number of hydrogen-bond acceptors (Lipinski definition) is 2. The molecule has 0 aliphatic heterocycles. The zero-order chi connectivity index (χ0) is 14.7. The highest BCUT2D eigenvalue weighted by Crippen LogP contribution is 2.29. The second kappa shape index (κ2) is 6.60. The van der Waals surface area contributed by atoms with Gasteiger partial charge in [0.05, 0.1) is 12.0 Å². The van der Waals surface area contributed by atoms with Gasteiger partial charge < -0.3 is 10.6 Å². The summed E-state index contributed by atoms with van der Waals surface area (Å²) in [6.45, 7) is 5.59. The highest BCUT2D eigenvalue weighted by atomic mass is 35.5. The molecule has 0 spiro atoms. The van der Waals surface area contributed by atoms with Crippen molar-refractivity contribution in [2.75, 3.05) is 7.05 Å². The van der Waals surface area contributed by atoms with Crippen molar-refractivity contribution in [2.24, 2.45) is 11.7 Å². The number of nitrogens with zero attached hydrogens (tertiary/aromatic N) is 1. The first kappa shape index (κ1) is 16.3. The first-order chi connectivity index (χ1) is 8.75. The quantitative estimate of drug-likeness (QED) is 0.925. The molecular weight excluding hydrogens is 283 g/mol. The van der Waals surface area contributed by atoms with E-state index in [1.54, 1.807) is 24.1 Å². The Morgan fingerprint density at radius 1 is 1.26 bits per heavy atom. The van der Waals surface area contributed by atoms with Crippen LogP contribution in [0.4, 0.5) is 0 Å². The lowest BCUT2D eigenvalue weighted by Crippen LogP contribution is -2.40. The zero-order valence-electron chi connectivity index (χ0n) is 11.7. The maximum Gasteiger partial charge on any atom is 0.227 e. The van der Waals surface area contributed by atoms with Crippen molar-refractivity contribution < 1.29 is 4.79 Å². The Morgan fingerprint density at radius 2 is 1.84 bits per heavy atom. The van der Waals surface area contributed by atoms with Crippen LogP contribution in [-0.4, -0.2) is 23.9 Å². The summed E-state index contributed by atoms with van der Waals surface area (Å²) in [5.41, 5.74) is 6.65. The Balaban J connectivity index is 2.93. The van der Waals surface area contributed by atoms with Gasteiger partial charge in [0.2, 0.25) is 5.91 Å². The second-order valence-electron chi connectivity index (χ2n) is 4.94. The SMILES string of the molecule is CC(N)C(C)C(=O)N(C)C(C)c1ccc(Cl)cc1Cl. The smallest absolute Gasteiger partial charge is 0.227 e. The third-order valence-corrected chi connectivity index (χ3v) is 4.08. The van der Waals surface area contributed by atoms with E-state index in [9.17, 15) is 4.79 Å². The number of carbonyl (C=O) groups excluding carboxylic acids is 1. The molecule has 0 aliphatic carbocycles. The summed E-state index contributed by atoms with van der Waals surface area (Å²) in [6.07, 6.45) is 0. The van der Waals surface area contributed by atoms with E-state index in [0.717, 1.165) is 5.56 Å². The van der Waals surface area contributed by atoms with Crippen LogP contribution in [0.2, 0.25) is 10.0 Å². The van der Waals surface area contributed by atoms with Crippen molar-refractivity contribution in [2.45, 2.75) is 32.9 Å². The number of amides is 1. The lowest BCUT2D eigenvalue weighted by atomic mass is 10.0. The Kier molecular flexibility index (Phi) is 5.65. The van der Waals surface area contributed by atoms with Crippen LogP contribution in [0.15, 0.2) is 18.2 Å². The molecule has 1 rings (SSSR count). The Morgan fingerprint density at radius 3 is 2.32 bits per heavy atom. The molecule has 1 aromatic carbocycles. The second-order valence-corrected chi connectivity index (χ2v) is 5.78. The van der Waals surface area contributed by atoms with Crippen LogP contribution in [0.1, 0.15) is 32.4 Å². The molecule has 106 valence electrons. The van der Waals surface area contributed by atoms with Crippen LogP contribution in [0.3, 0.4) is 0 Å².